The van der Waals surface area contributed by atoms with Gasteiger partial charge < -0.3 is 19.9 Å². The number of halogens is 1. The van der Waals surface area contributed by atoms with Gasteiger partial charge in [-0.3, -0.25) is 4.79 Å². The van der Waals surface area contributed by atoms with Crippen LogP contribution in [0.15, 0.2) is 30.3 Å². The quantitative estimate of drug-likeness (QED) is 0.480. The Morgan fingerprint density at radius 2 is 1.76 bits per heavy atom. The second kappa shape index (κ2) is 7.90. The van der Waals surface area contributed by atoms with Crippen molar-refractivity contribution < 1.29 is 23.8 Å². The lowest BCUT2D eigenvalue weighted by Crippen LogP contribution is -2.09. The van der Waals surface area contributed by atoms with E-state index in [1.807, 2.05) is 0 Å². The van der Waals surface area contributed by atoms with E-state index < -0.39 is 5.97 Å². The molecule has 0 radical (unpaired) electrons. The van der Waals surface area contributed by atoms with Gasteiger partial charge in [-0.1, -0.05) is 11.6 Å². The van der Waals surface area contributed by atoms with Crippen LogP contribution in [0.1, 0.15) is 33.2 Å². The van der Waals surface area contributed by atoms with Gasteiger partial charge in [0.25, 0.3) is 0 Å². The molecule has 0 heterocycles. The van der Waals surface area contributed by atoms with Crippen molar-refractivity contribution in [2.75, 3.05) is 20.0 Å². The van der Waals surface area contributed by atoms with E-state index in [1.54, 1.807) is 18.2 Å². The van der Waals surface area contributed by atoms with E-state index in [1.165, 1.54) is 33.3 Å². The van der Waals surface area contributed by atoms with Crippen molar-refractivity contribution >= 4 is 29.0 Å². The molecule has 25 heavy (non-hydrogen) atoms. The highest BCUT2D eigenvalue weighted by molar-refractivity contribution is 6.33. The highest BCUT2D eigenvalue weighted by Gasteiger charge is 2.17. The van der Waals surface area contributed by atoms with Crippen molar-refractivity contribution in [3.63, 3.8) is 0 Å². The molecule has 2 aromatic rings. The minimum absolute atomic E-state index is 0.0751. The highest BCUT2D eigenvalue weighted by Crippen LogP contribution is 2.30. The number of rotatable bonds is 6. The summed E-state index contributed by atoms with van der Waals surface area (Å²) in [5.74, 6) is 0.0488. The molecular weight excluding hydrogens is 346 g/mol. The Kier molecular flexibility index (Phi) is 5.88. The number of carbonyl (C=O) groups is 2. The molecule has 0 amide bonds. The SMILES string of the molecule is COc1ccc(C(C)=O)cc1COC(=O)c1cc(Cl)c(N)cc1OC. The summed E-state index contributed by atoms with van der Waals surface area (Å²) < 4.78 is 15.7. The lowest BCUT2D eigenvalue weighted by molar-refractivity contribution is 0.0466. The second-order valence-electron chi connectivity index (χ2n) is 5.23. The third kappa shape index (κ3) is 4.22. The summed E-state index contributed by atoms with van der Waals surface area (Å²) in [6.45, 7) is 1.38. The van der Waals surface area contributed by atoms with Crippen molar-refractivity contribution in [2.24, 2.45) is 0 Å². The molecule has 2 aromatic carbocycles. The standard InChI is InChI=1S/C18H18ClNO5/c1-10(21)11-4-5-16(23-2)12(6-11)9-25-18(22)13-7-14(19)15(20)8-17(13)24-3/h4-8H,9,20H2,1-3H3. The molecular formula is C18H18ClNO5. The number of anilines is 1. The minimum atomic E-state index is -0.631. The van der Waals surface area contributed by atoms with E-state index in [0.717, 1.165) is 0 Å². The molecule has 0 spiro atoms. The Hall–Kier alpha value is -2.73. The molecule has 0 unspecified atom stereocenters. The molecule has 132 valence electrons. The van der Waals surface area contributed by atoms with Crippen LogP contribution in [0.5, 0.6) is 11.5 Å². The van der Waals surface area contributed by atoms with Crippen molar-refractivity contribution in [3.8, 4) is 11.5 Å². The number of ketones is 1. The van der Waals surface area contributed by atoms with E-state index in [9.17, 15) is 9.59 Å². The molecule has 0 bridgehead atoms. The van der Waals surface area contributed by atoms with Crippen molar-refractivity contribution in [3.05, 3.63) is 52.0 Å². The van der Waals surface area contributed by atoms with Gasteiger partial charge in [0.05, 0.1) is 24.9 Å². The summed E-state index contributed by atoms with van der Waals surface area (Å²) in [4.78, 5) is 23.9. The first kappa shape index (κ1) is 18.6. The van der Waals surface area contributed by atoms with E-state index >= 15 is 0 Å². The van der Waals surface area contributed by atoms with Crippen molar-refractivity contribution in [1.82, 2.24) is 0 Å². The van der Waals surface area contributed by atoms with Gasteiger partial charge in [-0.15, -0.1) is 0 Å². The van der Waals surface area contributed by atoms with Crippen LogP contribution in [0.3, 0.4) is 0 Å². The minimum Gasteiger partial charge on any atom is -0.496 e. The smallest absolute Gasteiger partial charge is 0.342 e. The normalized spacial score (nSPS) is 10.2. The summed E-state index contributed by atoms with van der Waals surface area (Å²) in [6.07, 6.45) is 0. The van der Waals surface area contributed by atoms with Crippen molar-refractivity contribution in [2.45, 2.75) is 13.5 Å². The van der Waals surface area contributed by atoms with Gasteiger partial charge in [0, 0.05) is 17.2 Å². The predicted molar refractivity (Wildman–Crippen MR) is 94.5 cm³/mol. The van der Waals surface area contributed by atoms with Gasteiger partial charge in [0.1, 0.15) is 23.7 Å². The summed E-state index contributed by atoms with van der Waals surface area (Å²) in [5.41, 5.74) is 7.23. The maximum Gasteiger partial charge on any atom is 0.342 e. The van der Waals surface area contributed by atoms with Crippen LogP contribution in [0, 0.1) is 0 Å². The van der Waals surface area contributed by atoms with Crippen molar-refractivity contribution in [1.29, 1.82) is 0 Å². The fourth-order valence-corrected chi connectivity index (χ4v) is 2.39. The monoisotopic (exact) mass is 363 g/mol. The van der Waals surface area contributed by atoms with Gasteiger partial charge >= 0.3 is 5.97 Å². The molecule has 2 N–H and O–H groups in total. The molecule has 6 nitrogen and oxygen atoms in total. The number of nitrogens with two attached hydrogens (primary N) is 1. The van der Waals surface area contributed by atoms with Gasteiger partial charge in [-0.05, 0) is 31.2 Å². The van der Waals surface area contributed by atoms with E-state index in [2.05, 4.69) is 0 Å². The molecule has 0 saturated carbocycles. The molecule has 0 fully saturated rings. The fourth-order valence-electron chi connectivity index (χ4n) is 2.23. The molecule has 2 rings (SSSR count). The first-order valence-corrected chi connectivity index (χ1v) is 7.73. The Bertz CT molecular complexity index is 819. The first-order valence-electron chi connectivity index (χ1n) is 7.35. The maximum absolute atomic E-state index is 12.4. The maximum atomic E-state index is 12.4. The summed E-state index contributed by atoms with van der Waals surface area (Å²) >= 11 is 5.96. The Morgan fingerprint density at radius 1 is 1.08 bits per heavy atom. The van der Waals surface area contributed by atoms with Gasteiger partial charge in [-0.25, -0.2) is 4.79 Å². The van der Waals surface area contributed by atoms with Crippen LogP contribution in [0.2, 0.25) is 5.02 Å². The Labute approximate surface area is 150 Å². The highest BCUT2D eigenvalue weighted by atomic mass is 35.5. The lowest BCUT2D eigenvalue weighted by Gasteiger charge is -2.13. The zero-order valence-corrected chi connectivity index (χ0v) is 14.8. The van der Waals surface area contributed by atoms with Crippen LogP contribution in [-0.4, -0.2) is 26.0 Å². The summed E-state index contributed by atoms with van der Waals surface area (Å²) in [7, 11) is 2.91. The van der Waals surface area contributed by atoms with E-state index in [4.69, 9.17) is 31.5 Å². The number of ether oxygens (including phenoxy) is 3. The largest absolute Gasteiger partial charge is 0.496 e. The lowest BCUT2D eigenvalue weighted by atomic mass is 10.1. The summed E-state index contributed by atoms with van der Waals surface area (Å²) in [6, 6.07) is 7.77. The van der Waals surface area contributed by atoms with Crippen LogP contribution in [-0.2, 0) is 11.3 Å². The average Bonchev–Trinajstić information content (AvgIpc) is 2.61. The fraction of sp³-hybridized carbons (Fsp3) is 0.222. The summed E-state index contributed by atoms with van der Waals surface area (Å²) in [5, 5.41) is 0.226. The van der Waals surface area contributed by atoms with Crippen LogP contribution < -0.4 is 15.2 Å². The molecule has 7 heteroatoms. The third-order valence-electron chi connectivity index (χ3n) is 3.58. The number of Topliss-reactive ketones (excluding diaryl/α,β-unsaturated/α-hetero) is 1. The van der Waals surface area contributed by atoms with E-state index in [-0.39, 0.29) is 28.7 Å². The number of methoxy groups -OCH3 is 2. The number of esters is 1. The van der Waals surface area contributed by atoms with E-state index in [0.29, 0.717) is 22.6 Å². The van der Waals surface area contributed by atoms with Crippen LogP contribution in [0.4, 0.5) is 5.69 Å². The number of nitrogen functional groups attached to an aromatic ring is 1. The van der Waals surface area contributed by atoms with Crippen LogP contribution in [0.25, 0.3) is 0 Å². The molecule has 0 aliphatic heterocycles. The Balaban J connectivity index is 2.24. The predicted octanol–water partition coefficient (Wildman–Crippen LogP) is 3.50. The zero-order valence-electron chi connectivity index (χ0n) is 14.1. The second-order valence-corrected chi connectivity index (χ2v) is 5.64. The molecule has 0 aliphatic carbocycles. The number of benzene rings is 2. The zero-order chi connectivity index (χ0) is 18.6. The number of carbonyl (C=O) groups excluding carboxylic acids is 2. The first-order chi connectivity index (χ1) is 11.9. The topological polar surface area (TPSA) is 87.9 Å². The molecule has 0 saturated heterocycles. The molecule has 0 aliphatic rings. The van der Waals surface area contributed by atoms with Crippen LogP contribution >= 0.6 is 11.6 Å². The average molecular weight is 364 g/mol. The third-order valence-corrected chi connectivity index (χ3v) is 3.91. The van der Waals surface area contributed by atoms with Gasteiger partial charge in [0.15, 0.2) is 5.78 Å². The molecule has 0 aromatic heterocycles. The van der Waals surface area contributed by atoms with Gasteiger partial charge in [0.2, 0.25) is 0 Å². The Morgan fingerprint density at radius 3 is 2.36 bits per heavy atom. The number of hydrogen-bond acceptors (Lipinski definition) is 6. The van der Waals surface area contributed by atoms with Gasteiger partial charge in [-0.2, -0.15) is 0 Å². The number of hydrogen-bond donors (Lipinski definition) is 1. The molecule has 0 atom stereocenters.